The number of benzene rings is 2. The molecule has 0 spiro atoms. The second-order valence-corrected chi connectivity index (χ2v) is 5.81. The first-order valence-corrected chi connectivity index (χ1v) is 8.48. The van der Waals surface area contributed by atoms with Crippen molar-refractivity contribution in [3.8, 4) is 11.5 Å². The van der Waals surface area contributed by atoms with Gasteiger partial charge >= 0.3 is 11.9 Å². The Bertz CT molecular complexity index is 853. The molecule has 0 aliphatic carbocycles. The van der Waals surface area contributed by atoms with Crippen LogP contribution in [-0.2, 0) is 33.2 Å². The van der Waals surface area contributed by atoms with E-state index in [0.29, 0.717) is 28.2 Å². The monoisotopic (exact) mass is 391 g/mol. The Labute approximate surface area is 160 Å². The number of carbonyl (C=O) groups is 2. The van der Waals surface area contributed by atoms with Gasteiger partial charge in [0.15, 0.2) is 0 Å². The Hall–Kier alpha value is -3.07. The molecule has 0 heterocycles. The predicted molar refractivity (Wildman–Crippen MR) is 98.0 cm³/mol. The van der Waals surface area contributed by atoms with Crippen LogP contribution in [0.15, 0.2) is 42.5 Å². The molecule has 0 atom stereocenters. The lowest BCUT2D eigenvalue weighted by molar-refractivity contribution is -0.763. The number of hydrogen-bond donors (Lipinski definition) is 1. The highest BCUT2D eigenvalue weighted by Gasteiger charge is 2.12. The minimum atomic E-state index is -0.876. The highest BCUT2D eigenvalue weighted by atomic mass is 32.1. The van der Waals surface area contributed by atoms with Crippen LogP contribution in [0, 0.1) is 10.1 Å². The van der Waals surface area contributed by atoms with Gasteiger partial charge in [-0.15, -0.1) is 10.1 Å². The standard InChI is InChI=1S/C18H17NO7S/c1-12(20)25-16-5-6-17(15(9-16)11-27)26-18(21)8-13-3-2-4-14(7-13)10-24-19(22)23/h2-7,9,27H,8,10-11H2,1H3. The van der Waals surface area contributed by atoms with E-state index in [2.05, 4.69) is 17.5 Å². The van der Waals surface area contributed by atoms with Crippen LogP contribution in [0.5, 0.6) is 11.5 Å². The average Bonchev–Trinajstić information content (AvgIpc) is 2.61. The third kappa shape index (κ3) is 6.63. The van der Waals surface area contributed by atoms with Crippen molar-refractivity contribution in [3.05, 3.63) is 69.3 Å². The molecule has 142 valence electrons. The summed E-state index contributed by atoms with van der Waals surface area (Å²) in [6.07, 6.45) is -0.0238. The molecule has 0 saturated heterocycles. The van der Waals surface area contributed by atoms with Gasteiger partial charge in [-0.3, -0.25) is 9.59 Å². The number of esters is 2. The maximum atomic E-state index is 12.2. The molecule has 0 aromatic heterocycles. The summed E-state index contributed by atoms with van der Waals surface area (Å²) < 4.78 is 10.4. The van der Waals surface area contributed by atoms with Gasteiger partial charge < -0.3 is 14.3 Å². The Balaban J connectivity index is 2.04. The van der Waals surface area contributed by atoms with E-state index < -0.39 is 17.0 Å². The number of thiol groups is 1. The van der Waals surface area contributed by atoms with Crippen LogP contribution < -0.4 is 9.47 Å². The minimum Gasteiger partial charge on any atom is -0.427 e. The first kappa shape index (κ1) is 20.2. The van der Waals surface area contributed by atoms with Crippen molar-refractivity contribution in [2.45, 2.75) is 25.7 Å². The molecule has 0 aliphatic rings. The number of rotatable bonds is 8. The molecular weight excluding hydrogens is 374 g/mol. The van der Waals surface area contributed by atoms with Crippen molar-refractivity contribution in [2.24, 2.45) is 0 Å². The van der Waals surface area contributed by atoms with Crippen LogP contribution in [0.4, 0.5) is 0 Å². The van der Waals surface area contributed by atoms with Crippen LogP contribution >= 0.6 is 12.6 Å². The number of hydrogen-bond acceptors (Lipinski definition) is 8. The van der Waals surface area contributed by atoms with E-state index in [-0.39, 0.29) is 18.8 Å². The Morgan fingerprint density at radius 2 is 1.85 bits per heavy atom. The summed E-state index contributed by atoms with van der Waals surface area (Å²) in [7, 11) is 0. The van der Waals surface area contributed by atoms with Gasteiger partial charge in [-0.1, -0.05) is 24.3 Å². The van der Waals surface area contributed by atoms with E-state index in [4.69, 9.17) is 9.47 Å². The topological polar surface area (TPSA) is 105 Å². The largest absolute Gasteiger partial charge is 0.427 e. The second-order valence-electron chi connectivity index (χ2n) is 5.49. The molecular formula is C18H17NO7S. The summed E-state index contributed by atoms with van der Waals surface area (Å²) in [5, 5.41) is 9.38. The number of nitrogens with zero attached hydrogens (tertiary/aromatic N) is 1. The molecule has 0 bridgehead atoms. The van der Waals surface area contributed by atoms with Crippen molar-refractivity contribution in [1.82, 2.24) is 0 Å². The molecule has 27 heavy (non-hydrogen) atoms. The summed E-state index contributed by atoms with van der Waals surface area (Å²) in [6, 6.07) is 11.3. The maximum absolute atomic E-state index is 12.2. The van der Waals surface area contributed by atoms with Gasteiger partial charge in [0.1, 0.15) is 18.1 Å². The van der Waals surface area contributed by atoms with Gasteiger partial charge in [-0.2, -0.15) is 12.6 Å². The van der Waals surface area contributed by atoms with Crippen molar-refractivity contribution in [3.63, 3.8) is 0 Å². The molecule has 0 amide bonds. The summed E-state index contributed by atoms with van der Waals surface area (Å²) >= 11 is 4.19. The molecule has 0 N–H and O–H groups in total. The van der Waals surface area contributed by atoms with Gasteiger partial charge in [0, 0.05) is 18.2 Å². The third-order valence-electron chi connectivity index (χ3n) is 3.36. The number of ether oxygens (including phenoxy) is 2. The molecule has 0 fully saturated rings. The quantitative estimate of drug-likeness (QED) is 0.242. The fourth-order valence-electron chi connectivity index (χ4n) is 2.29. The normalized spacial score (nSPS) is 10.1. The van der Waals surface area contributed by atoms with E-state index in [1.165, 1.54) is 19.1 Å². The lowest BCUT2D eigenvalue weighted by atomic mass is 10.1. The molecule has 2 aromatic rings. The highest BCUT2D eigenvalue weighted by molar-refractivity contribution is 7.79. The SMILES string of the molecule is CC(=O)Oc1ccc(OC(=O)Cc2cccc(CO[N+](=O)[O-])c2)c(CS)c1. The molecule has 2 aromatic carbocycles. The van der Waals surface area contributed by atoms with E-state index in [9.17, 15) is 19.7 Å². The summed E-state index contributed by atoms with van der Waals surface area (Å²) in [4.78, 5) is 37.8. The highest BCUT2D eigenvalue weighted by Crippen LogP contribution is 2.26. The van der Waals surface area contributed by atoms with Crippen LogP contribution in [0.3, 0.4) is 0 Å². The smallest absolute Gasteiger partial charge is 0.315 e. The predicted octanol–water partition coefficient (Wildman–Crippen LogP) is 2.90. The maximum Gasteiger partial charge on any atom is 0.315 e. The average molecular weight is 391 g/mol. The van der Waals surface area contributed by atoms with Gasteiger partial charge in [-0.05, 0) is 29.3 Å². The molecule has 8 nitrogen and oxygen atoms in total. The first-order chi connectivity index (χ1) is 12.9. The Morgan fingerprint density at radius 3 is 2.52 bits per heavy atom. The first-order valence-electron chi connectivity index (χ1n) is 7.85. The van der Waals surface area contributed by atoms with Gasteiger partial charge in [0.2, 0.25) is 0 Å². The summed E-state index contributed by atoms with van der Waals surface area (Å²) in [5.41, 5.74) is 1.80. The number of carbonyl (C=O) groups excluding carboxylic acids is 2. The van der Waals surface area contributed by atoms with Crippen LogP contribution in [0.1, 0.15) is 23.6 Å². The molecule has 0 unspecified atom stereocenters. The van der Waals surface area contributed by atoms with E-state index in [1.807, 2.05) is 0 Å². The molecule has 0 radical (unpaired) electrons. The minimum absolute atomic E-state index is 0.0238. The molecule has 0 aliphatic heterocycles. The Morgan fingerprint density at radius 1 is 1.11 bits per heavy atom. The molecule has 2 rings (SSSR count). The second kappa shape index (κ2) is 9.58. The van der Waals surface area contributed by atoms with Crippen molar-refractivity contribution < 1.29 is 29.0 Å². The fraction of sp³-hybridized carbons (Fsp3) is 0.222. The zero-order valence-corrected chi connectivity index (χ0v) is 15.3. The Kier molecular flexibility index (Phi) is 7.18. The third-order valence-corrected chi connectivity index (χ3v) is 3.70. The van der Waals surface area contributed by atoms with Crippen LogP contribution in [0.25, 0.3) is 0 Å². The lowest BCUT2D eigenvalue weighted by Crippen LogP contribution is -2.13. The zero-order chi connectivity index (χ0) is 19.8. The molecule has 0 saturated carbocycles. The lowest BCUT2D eigenvalue weighted by Gasteiger charge is -2.11. The van der Waals surface area contributed by atoms with E-state index >= 15 is 0 Å². The van der Waals surface area contributed by atoms with Crippen molar-refractivity contribution in [1.29, 1.82) is 0 Å². The van der Waals surface area contributed by atoms with E-state index in [1.54, 1.807) is 30.3 Å². The molecule has 9 heteroatoms. The van der Waals surface area contributed by atoms with Gasteiger partial charge in [0.05, 0.1) is 6.42 Å². The van der Waals surface area contributed by atoms with Crippen molar-refractivity contribution in [2.75, 3.05) is 0 Å². The summed E-state index contributed by atoms with van der Waals surface area (Å²) in [5.74, 6) is -0.0224. The van der Waals surface area contributed by atoms with Gasteiger partial charge in [-0.25, -0.2) is 0 Å². The fourth-order valence-corrected chi connectivity index (χ4v) is 2.54. The summed E-state index contributed by atoms with van der Waals surface area (Å²) in [6.45, 7) is 1.09. The zero-order valence-electron chi connectivity index (χ0n) is 14.4. The van der Waals surface area contributed by atoms with E-state index in [0.717, 1.165) is 0 Å². The van der Waals surface area contributed by atoms with Crippen LogP contribution in [-0.4, -0.2) is 17.0 Å². The van der Waals surface area contributed by atoms with Crippen molar-refractivity contribution >= 4 is 24.6 Å². The van der Waals surface area contributed by atoms with Gasteiger partial charge in [0.25, 0.3) is 5.09 Å². The van der Waals surface area contributed by atoms with Crippen LogP contribution in [0.2, 0.25) is 0 Å².